The highest BCUT2D eigenvalue weighted by molar-refractivity contribution is 6.08. The molecule has 8 N–H and O–H groups in total. The number of aliphatic hydroxyl groups is 2. The number of phenols is 6. The van der Waals surface area contributed by atoms with E-state index in [0.717, 1.165) is 36.4 Å². The van der Waals surface area contributed by atoms with Gasteiger partial charge >= 0.3 is 23.5 Å². The van der Waals surface area contributed by atoms with Gasteiger partial charge in [0.1, 0.15) is 35.0 Å². The van der Waals surface area contributed by atoms with E-state index in [1.54, 1.807) is 0 Å². The summed E-state index contributed by atoms with van der Waals surface area (Å²) in [5, 5.41) is 82.4. The molecule has 16 heteroatoms. The van der Waals surface area contributed by atoms with E-state index in [4.69, 9.17) is 23.7 Å². The molecule has 0 bridgehead atoms. The number of aromatic hydroxyl groups is 6. The second-order valence-corrected chi connectivity index (χ2v) is 13.0. The van der Waals surface area contributed by atoms with Crippen LogP contribution in [0.5, 0.6) is 51.7 Å². The number of carbonyl (C=O) groups is 3. The summed E-state index contributed by atoms with van der Waals surface area (Å²) in [7, 11) is 0. The highest BCUT2D eigenvalue weighted by atomic mass is 16.8. The van der Waals surface area contributed by atoms with Gasteiger partial charge < -0.3 is 64.5 Å². The Morgan fingerprint density at radius 3 is 2.02 bits per heavy atom. The van der Waals surface area contributed by atoms with Crippen LogP contribution >= 0.6 is 0 Å². The summed E-state index contributed by atoms with van der Waals surface area (Å²) in [4.78, 5) is 39.2. The van der Waals surface area contributed by atoms with Gasteiger partial charge in [-0.3, -0.25) is 4.79 Å². The molecule has 2 aliphatic heterocycles. The minimum absolute atomic E-state index is 0.0118. The Kier molecular flexibility index (Phi) is 9.16. The summed E-state index contributed by atoms with van der Waals surface area (Å²) in [6, 6.07) is 13.2. The molecule has 4 unspecified atom stereocenters. The van der Waals surface area contributed by atoms with E-state index >= 15 is 0 Å². The number of Topliss-reactive ketones (excluding diaryl/α,β-unsaturated/α-hetero) is 1. The number of ketones is 1. The maximum absolute atomic E-state index is 13.9. The standard InChI is InChI=1S/C39H32O16/c40-22-16-29(46)36-33(17-22)55-39(21-5-8-25(42)28(45)15-21)38(50,37(36)49)53-32-14-20(2-10-30(32)54-39)4-12-35(48)52-31-18-23(6-9-26(31)43)51-34(47)11-3-19-1-7-24(41)27(44)13-19/h1-5,7-8,10-17,23,26,31,40-46,50H,6,9,18H2/b11-3+,12-4+/t23?,26-,31?,38?,39?/m0/s1. The largest absolute Gasteiger partial charge is 0.508 e. The molecular formula is C39H32O16. The first kappa shape index (κ1) is 36.4. The third kappa shape index (κ3) is 6.75. The van der Waals surface area contributed by atoms with Crippen LogP contribution in [0.3, 0.4) is 0 Å². The Bertz CT molecular complexity index is 2280. The van der Waals surface area contributed by atoms with Gasteiger partial charge in [0.2, 0.25) is 0 Å². The van der Waals surface area contributed by atoms with Gasteiger partial charge in [0, 0.05) is 36.3 Å². The molecule has 55 heavy (non-hydrogen) atoms. The molecule has 1 saturated carbocycles. The molecule has 3 aliphatic rings. The SMILES string of the molecule is O=C(/C=C/c1ccc(O)c(O)c1)OC1CC[C@H](O)C(OC(=O)/C=C/c2ccc3c(c2)OC2(O)C(=O)c4c(O)cc(O)cc4OC2(c2ccc(O)c(O)c2)O3)C1. The van der Waals surface area contributed by atoms with Crippen molar-refractivity contribution < 1.29 is 78.9 Å². The number of rotatable bonds is 7. The molecule has 7 rings (SSSR count). The van der Waals surface area contributed by atoms with Crippen LogP contribution in [0.4, 0.5) is 0 Å². The zero-order chi connectivity index (χ0) is 39.2. The average Bonchev–Trinajstić information content (AvgIpc) is 3.13. The lowest BCUT2D eigenvalue weighted by atomic mass is 9.85. The summed E-state index contributed by atoms with van der Waals surface area (Å²) in [6.07, 6.45) is 2.67. The Hall–Kier alpha value is -6.91. The third-order valence-electron chi connectivity index (χ3n) is 9.22. The van der Waals surface area contributed by atoms with Crippen molar-refractivity contribution in [3.63, 3.8) is 0 Å². The summed E-state index contributed by atoms with van der Waals surface area (Å²) < 4.78 is 28.9. The number of hydrogen-bond donors (Lipinski definition) is 8. The normalized spacial score (nSPS) is 24.1. The Morgan fingerprint density at radius 2 is 1.31 bits per heavy atom. The van der Waals surface area contributed by atoms with Crippen molar-refractivity contribution in [1.29, 1.82) is 0 Å². The molecule has 284 valence electrons. The molecule has 5 atom stereocenters. The van der Waals surface area contributed by atoms with Crippen LogP contribution in [0.25, 0.3) is 12.2 Å². The number of carbonyl (C=O) groups excluding carboxylic acids is 3. The van der Waals surface area contributed by atoms with Crippen LogP contribution in [0.1, 0.15) is 46.3 Å². The molecule has 0 amide bonds. The minimum Gasteiger partial charge on any atom is -0.508 e. The molecule has 0 aromatic heterocycles. The number of fused-ring (bicyclic) bond motifs is 3. The third-order valence-corrected chi connectivity index (χ3v) is 9.22. The van der Waals surface area contributed by atoms with Gasteiger partial charge in [0.05, 0.1) is 6.10 Å². The van der Waals surface area contributed by atoms with E-state index in [0.29, 0.717) is 17.5 Å². The Balaban J connectivity index is 1.07. The highest BCUT2D eigenvalue weighted by Gasteiger charge is 2.70. The van der Waals surface area contributed by atoms with Crippen LogP contribution in [-0.2, 0) is 24.8 Å². The average molecular weight is 757 g/mol. The van der Waals surface area contributed by atoms with Crippen LogP contribution < -0.4 is 14.2 Å². The predicted octanol–water partition coefficient (Wildman–Crippen LogP) is 3.60. The Labute approximate surface area is 310 Å². The Morgan fingerprint density at radius 1 is 0.673 bits per heavy atom. The number of benzene rings is 4. The van der Waals surface area contributed by atoms with Gasteiger partial charge in [-0.15, -0.1) is 0 Å². The number of esters is 2. The van der Waals surface area contributed by atoms with Gasteiger partial charge in [0.25, 0.3) is 5.78 Å². The van der Waals surface area contributed by atoms with Crippen molar-refractivity contribution in [2.45, 2.75) is 49.1 Å². The fourth-order valence-corrected chi connectivity index (χ4v) is 6.46. The zero-order valence-electron chi connectivity index (χ0n) is 28.4. The van der Waals surface area contributed by atoms with Gasteiger partial charge in [0.15, 0.2) is 34.5 Å². The monoisotopic (exact) mass is 756 g/mol. The van der Waals surface area contributed by atoms with E-state index in [-0.39, 0.29) is 47.2 Å². The van der Waals surface area contributed by atoms with E-state index in [2.05, 4.69) is 0 Å². The summed E-state index contributed by atoms with van der Waals surface area (Å²) >= 11 is 0. The fraction of sp³-hybridized carbons (Fsp3) is 0.205. The van der Waals surface area contributed by atoms with Crippen LogP contribution in [-0.4, -0.2) is 82.7 Å². The summed E-state index contributed by atoms with van der Waals surface area (Å²) in [6.45, 7) is 0. The molecule has 0 spiro atoms. The lowest BCUT2D eigenvalue weighted by Gasteiger charge is -2.50. The molecule has 16 nitrogen and oxygen atoms in total. The first-order valence-electron chi connectivity index (χ1n) is 16.7. The first-order valence-corrected chi connectivity index (χ1v) is 16.7. The lowest BCUT2D eigenvalue weighted by Crippen LogP contribution is -2.70. The van der Waals surface area contributed by atoms with E-state index in [1.807, 2.05) is 0 Å². The van der Waals surface area contributed by atoms with Crippen molar-refractivity contribution in [2.75, 3.05) is 0 Å². The smallest absolute Gasteiger partial charge is 0.357 e. The van der Waals surface area contributed by atoms with Gasteiger partial charge in [-0.05, 0) is 78.6 Å². The molecule has 1 fully saturated rings. The molecule has 4 aromatic rings. The van der Waals surface area contributed by atoms with Crippen LogP contribution in [0, 0.1) is 0 Å². The number of hydrogen-bond acceptors (Lipinski definition) is 16. The maximum Gasteiger partial charge on any atom is 0.357 e. The van der Waals surface area contributed by atoms with Crippen LogP contribution in [0.15, 0.2) is 78.9 Å². The van der Waals surface area contributed by atoms with E-state index in [9.17, 15) is 55.2 Å². The quantitative estimate of drug-likeness (QED) is 0.0761. The molecule has 2 heterocycles. The molecular weight excluding hydrogens is 724 g/mol. The molecule has 0 radical (unpaired) electrons. The second-order valence-electron chi connectivity index (χ2n) is 13.0. The van der Waals surface area contributed by atoms with Gasteiger partial charge in [-0.25, -0.2) is 9.59 Å². The van der Waals surface area contributed by atoms with Crippen molar-refractivity contribution in [1.82, 2.24) is 0 Å². The minimum atomic E-state index is -3.08. The van der Waals surface area contributed by atoms with Crippen molar-refractivity contribution >= 4 is 29.9 Å². The highest BCUT2D eigenvalue weighted by Crippen LogP contribution is 2.55. The van der Waals surface area contributed by atoms with Crippen molar-refractivity contribution in [2.24, 2.45) is 0 Å². The predicted molar refractivity (Wildman–Crippen MR) is 186 cm³/mol. The molecule has 0 saturated heterocycles. The number of aliphatic hydroxyl groups excluding tert-OH is 1. The first-order chi connectivity index (χ1) is 26.2. The second kappa shape index (κ2) is 13.8. The fourth-order valence-electron chi connectivity index (χ4n) is 6.46. The lowest BCUT2D eigenvalue weighted by molar-refractivity contribution is -0.316. The number of ether oxygens (including phenoxy) is 5. The van der Waals surface area contributed by atoms with E-state index in [1.165, 1.54) is 54.6 Å². The summed E-state index contributed by atoms with van der Waals surface area (Å²) in [5.74, 6) is -12.2. The van der Waals surface area contributed by atoms with Gasteiger partial charge in [-0.2, -0.15) is 0 Å². The van der Waals surface area contributed by atoms with Crippen molar-refractivity contribution in [3.8, 4) is 51.7 Å². The maximum atomic E-state index is 13.9. The number of phenolic OH excluding ortho intramolecular Hbond substituents is 6. The van der Waals surface area contributed by atoms with Crippen LogP contribution in [0.2, 0.25) is 0 Å². The topological polar surface area (TPSA) is 259 Å². The molecule has 1 aliphatic carbocycles. The van der Waals surface area contributed by atoms with E-state index < -0.39 is 76.2 Å². The molecule has 4 aromatic carbocycles. The summed E-state index contributed by atoms with van der Waals surface area (Å²) in [5.41, 5.74) is -0.0113. The van der Waals surface area contributed by atoms with Crippen molar-refractivity contribution in [3.05, 3.63) is 101 Å². The van der Waals surface area contributed by atoms with Gasteiger partial charge in [-0.1, -0.05) is 12.1 Å². The zero-order valence-corrected chi connectivity index (χ0v) is 28.4.